The topological polar surface area (TPSA) is 88.9 Å². The van der Waals surface area contributed by atoms with Gasteiger partial charge in [-0.3, -0.25) is 14.4 Å². The first kappa shape index (κ1) is 36.2. The lowest BCUT2D eigenvalue weighted by Gasteiger charge is -2.51. The molecule has 7 atom stereocenters. The molecule has 2 aromatic carbocycles. The van der Waals surface area contributed by atoms with Gasteiger partial charge in [0.1, 0.15) is 28.2 Å². The molecule has 1 fully saturated rings. The van der Waals surface area contributed by atoms with Gasteiger partial charge in [0.05, 0.1) is 24.1 Å². The van der Waals surface area contributed by atoms with Gasteiger partial charge in [-0.1, -0.05) is 50.1 Å². The van der Waals surface area contributed by atoms with Crippen molar-refractivity contribution in [2.45, 2.75) is 82.7 Å². The summed E-state index contributed by atoms with van der Waals surface area (Å²) >= 11 is 6.50. The van der Waals surface area contributed by atoms with E-state index in [1.165, 1.54) is 11.1 Å². The number of halogens is 1. The van der Waals surface area contributed by atoms with E-state index < -0.39 is 16.6 Å². The first-order chi connectivity index (χ1) is 24.7. The van der Waals surface area contributed by atoms with Crippen LogP contribution < -0.4 is 14.4 Å². The first-order valence-corrected chi connectivity index (χ1v) is 20.2. The van der Waals surface area contributed by atoms with Gasteiger partial charge in [-0.25, -0.2) is 9.19 Å². The number of carbonyl (C=O) groups is 1. The van der Waals surface area contributed by atoms with Gasteiger partial charge in [0.25, 0.3) is 5.91 Å². The highest BCUT2D eigenvalue weighted by molar-refractivity contribution is 7.84. The van der Waals surface area contributed by atoms with Crippen molar-refractivity contribution in [1.82, 2.24) is 19.2 Å². The third-order valence-electron chi connectivity index (χ3n) is 11.9. The number of methoxy groups -OCH3 is 1. The molecule has 4 heterocycles. The van der Waals surface area contributed by atoms with E-state index in [2.05, 4.69) is 68.4 Å². The molecule has 1 aliphatic carbocycles. The molecule has 11 heteroatoms. The molecular formula is C40H52ClN5O4S. The summed E-state index contributed by atoms with van der Waals surface area (Å²) in [5.74, 6) is 2.38. The summed E-state index contributed by atoms with van der Waals surface area (Å²) in [4.78, 5) is 23.1. The van der Waals surface area contributed by atoms with E-state index in [4.69, 9.17) is 21.1 Å². The van der Waals surface area contributed by atoms with Crippen LogP contribution in [0, 0.1) is 17.8 Å². The number of imidazole rings is 1. The number of ether oxygens (including phenoxy) is 2. The minimum Gasteiger partial charge on any atom is -0.491 e. The minimum atomic E-state index is -1.55. The summed E-state index contributed by atoms with van der Waals surface area (Å²) in [6, 6.07) is 11.9. The van der Waals surface area contributed by atoms with E-state index >= 15 is 0 Å². The van der Waals surface area contributed by atoms with Crippen molar-refractivity contribution >= 4 is 34.2 Å². The predicted octanol–water partition coefficient (Wildman–Crippen LogP) is 6.78. The Labute approximate surface area is 310 Å². The maximum Gasteiger partial charge on any atom is 0.263 e. The Morgan fingerprint density at radius 3 is 2.78 bits per heavy atom. The van der Waals surface area contributed by atoms with Gasteiger partial charge in [-0.05, 0) is 91.8 Å². The average Bonchev–Trinajstić information content (AvgIpc) is 3.50. The highest BCUT2D eigenvalue weighted by Gasteiger charge is 2.48. The molecule has 9 nitrogen and oxygen atoms in total. The van der Waals surface area contributed by atoms with Crippen LogP contribution in [0.25, 0.3) is 0 Å². The fraction of sp³-hybridized carbons (Fsp3) is 0.550. The fourth-order valence-electron chi connectivity index (χ4n) is 8.58. The van der Waals surface area contributed by atoms with E-state index in [0.29, 0.717) is 24.0 Å². The van der Waals surface area contributed by atoms with Gasteiger partial charge in [-0.2, -0.15) is 0 Å². The van der Waals surface area contributed by atoms with Crippen LogP contribution in [-0.4, -0.2) is 75.3 Å². The third-order valence-corrected chi connectivity index (χ3v) is 13.7. The number of aryl methyl sites for hydroxylation is 1. The normalized spacial score (nSPS) is 30.6. The monoisotopic (exact) mass is 733 g/mol. The highest BCUT2D eigenvalue weighted by atomic mass is 35.5. The SMILES string of the molecule is CCCc1cc(Cl)ccc1C1COc2ccc3cc2N(C1)CC1CCC1C(CN1CCn2ccnc2C1)(OC)/C=C/CC(C)C(C)S(=O)NC3=O. The van der Waals surface area contributed by atoms with Crippen LogP contribution in [0.1, 0.15) is 79.7 Å². The smallest absolute Gasteiger partial charge is 0.263 e. The van der Waals surface area contributed by atoms with Crippen LogP contribution in [0.2, 0.25) is 5.02 Å². The molecule has 1 aromatic heterocycles. The molecule has 2 bridgehead atoms. The third kappa shape index (κ3) is 7.52. The molecule has 7 rings (SSSR count). The minimum absolute atomic E-state index is 0.0860. The molecule has 3 aromatic rings. The summed E-state index contributed by atoms with van der Waals surface area (Å²) in [5.41, 5.74) is 3.42. The number of nitrogens with one attached hydrogen (secondary N) is 1. The van der Waals surface area contributed by atoms with E-state index in [9.17, 15) is 9.00 Å². The maximum atomic E-state index is 13.6. The lowest BCUT2D eigenvalue weighted by Crippen LogP contribution is -2.57. The molecule has 4 aliphatic rings. The fourth-order valence-corrected chi connectivity index (χ4v) is 9.80. The van der Waals surface area contributed by atoms with Crippen LogP contribution >= 0.6 is 11.6 Å². The molecule has 51 heavy (non-hydrogen) atoms. The average molecular weight is 734 g/mol. The Morgan fingerprint density at radius 2 is 2.00 bits per heavy atom. The number of benzene rings is 2. The van der Waals surface area contributed by atoms with Gasteiger partial charge in [0.15, 0.2) is 0 Å². The number of rotatable bonds is 6. The van der Waals surface area contributed by atoms with Gasteiger partial charge < -0.3 is 18.9 Å². The summed E-state index contributed by atoms with van der Waals surface area (Å²) in [5, 5.41) is 0.514. The number of hydrogen-bond donors (Lipinski definition) is 1. The van der Waals surface area contributed by atoms with Crippen LogP contribution in [0.3, 0.4) is 0 Å². The maximum absolute atomic E-state index is 13.6. The second-order valence-electron chi connectivity index (χ2n) is 15.1. The van der Waals surface area contributed by atoms with Gasteiger partial charge >= 0.3 is 0 Å². The lowest BCUT2D eigenvalue weighted by atomic mass is 9.63. The molecule has 0 spiro atoms. The molecule has 1 saturated carbocycles. The van der Waals surface area contributed by atoms with Crippen LogP contribution in [0.4, 0.5) is 5.69 Å². The number of fused-ring (bicyclic) bond motifs is 3. The van der Waals surface area contributed by atoms with Crippen molar-refractivity contribution in [2.75, 3.05) is 44.8 Å². The summed E-state index contributed by atoms with van der Waals surface area (Å²) in [6.07, 6.45) is 13.4. The van der Waals surface area contributed by atoms with Crippen molar-refractivity contribution < 1.29 is 18.5 Å². The lowest BCUT2D eigenvalue weighted by molar-refractivity contribution is -0.0944. The number of carbonyl (C=O) groups excluding carboxylic acids is 1. The molecule has 1 N–H and O–H groups in total. The summed E-state index contributed by atoms with van der Waals surface area (Å²) in [6.45, 7) is 11.7. The molecule has 0 radical (unpaired) electrons. The zero-order valence-corrected chi connectivity index (χ0v) is 31.9. The standard InChI is InChI=1S/C40H52ClN5O4S/c1-5-7-29-20-33(41)11-12-34(29)32-23-46-22-31-9-13-35(31)40(49-4,26-44-18-19-45-17-16-42-38(45)24-44)15-6-8-27(2)28(3)51(48)43-39(47)30-10-14-37(50-25-32)36(46)21-30/h6,10-12,14-17,20-21,27-28,31-32,35H,5,7-9,13,18-19,22-26H2,1-4H3,(H,43,47)/b15-6+. The largest absolute Gasteiger partial charge is 0.491 e. The molecule has 3 aliphatic heterocycles. The number of aromatic nitrogens is 2. The van der Waals surface area contributed by atoms with E-state index in [1.807, 2.05) is 38.4 Å². The van der Waals surface area contributed by atoms with Crippen molar-refractivity contribution in [3.63, 3.8) is 0 Å². The van der Waals surface area contributed by atoms with Gasteiger partial charge in [-0.15, -0.1) is 0 Å². The number of amides is 1. The number of allylic oxidation sites excluding steroid dienone is 1. The summed E-state index contributed by atoms with van der Waals surface area (Å²) < 4.78 is 31.8. The van der Waals surface area contributed by atoms with Crippen molar-refractivity contribution in [1.29, 1.82) is 0 Å². The molecule has 0 saturated heterocycles. The molecule has 7 unspecified atom stereocenters. The Hall–Kier alpha value is -3.18. The summed E-state index contributed by atoms with van der Waals surface area (Å²) in [7, 11) is 0.315. The Bertz CT molecular complexity index is 1780. The number of anilines is 1. The second kappa shape index (κ2) is 15.4. The Kier molecular flexibility index (Phi) is 10.9. The highest BCUT2D eigenvalue weighted by Crippen LogP contribution is 2.47. The number of nitrogens with zero attached hydrogens (tertiary/aromatic N) is 4. The van der Waals surface area contributed by atoms with Crippen LogP contribution in [0.5, 0.6) is 5.75 Å². The first-order valence-electron chi connectivity index (χ1n) is 18.6. The van der Waals surface area contributed by atoms with E-state index in [1.54, 1.807) is 6.07 Å². The van der Waals surface area contributed by atoms with Crippen molar-refractivity contribution in [3.8, 4) is 5.75 Å². The molecular weight excluding hydrogens is 682 g/mol. The predicted molar refractivity (Wildman–Crippen MR) is 204 cm³/mol. The van der Waals surface area contributed by atoms with E-state index in [0.717, 1.165) is 93.7 Å². The van der Waals surface area contributed by atoms with Gasteiger partial charge in [0.2, 0.25) is 0 Å². The van der Waals surface area contributed by atoms with Crippen LogP contribution in [0.15, 0.2) is 60.9 Å². The second-order valence-corrected chi connectivity index (χ2v) is 17.1. The zero-order chi connectivity index (χ0) is 35.7. The van der Waals surface area contributed by atoms with Crippen molar-refractivity contribution in [2.24, 2.45) is 17.8 Å². The van der Waals surface area contributed by atoms with Crippen LogP contribution in [-0.2, 0) is 35.2 Å². The number of hydrogen-bond acceptors (Lipinski definition) is 7. The van der Waals surface area contributed by atoms with Gasteiger partial charge in [0, 0.05) is 68.7 Å². The van der Waals surface area contributed by atoms with Crippen molar-refractivity contribution in [3.05, 3.63) is 88.5 Å². The Balaban J connectivity index is 1.27. The molecule has 274 valence electrons. The quantitative estimate of drug-likeness (QED) is 0.280. The Morgan fingerprint density at radius 1 is 1.14 bits per heavy atom. The van der Waals surface area contributed by atoms with E-state index in [-0.39, 0.29) is 23.0 Å². The molecule has 1 amide bonds. The zero-order valence-electron chi connectivity index (χ0n) is 30.4.